The molecule has 0 radical (unpaired) electrons. The number of aromatic nitrogens is 2. The number of nitrogens with zero attached hydrogens (tertiary/aromatic N) is 2. The van der Waals surface area contributed by atoms with Crippen LogP contribution in [0.5, 0.6) is 5.75 Å². The van der Waals surface area contributed by atoms with Crippen molar-refractivity contribution in [3.05, 3.63) is 76.2 Å². The number of para-hydroxylation sites is 2. The molecule has 0 unspecified atom stereocenters. The van der Waals surface area contributed by atoms with Gasteiger partial charge in [-0.05, 0) is 38.1 Å². The fourth-order valence-electron chi connectivity index (χ4n) is 2.87. The second-order valence-corrected chi connectivity index (χ2v) is 6.34. The Morgan fingerprint density at radius 3 is 2.43 bits per heavy atom. The van der Waals surface area contributed by atoms with Gasteiger partial charge in [0.1, 0.15) is 11.4 Å². The highest BCUT2D eigenvalue weighted by molar-refractivity contribution is 5.94. The van der Waals surface area contributed by atoms with Crippen molar-refractivity contribution in [2.24, 2.45) is 7.05 Å². The van der Waals surface area contributed by atoms with E-state index >= 15 is 0 Å². The Morgan fingerprint density at radius 2 is 1.75 bits per heavy atom. The molecule has 1 N–H and O–H groups in total. The Morgan fingerprint density at radius 1 is 1.11 bits per heavy atom. The second-order valence-electron chi connectivity index (χ2n) is 6.34. The summed E-state index contributed by atoms with van der Waals surface area (Å²) in [7, 11) is 1.75. The molecule has 0 aliphatic carbocycles. The summed E-state index contributed by atoms with van der Waals surface area (Å²) in [6, 6.07) is 15.8. The number of aldehydes is 1. The minimum absolute atomic E-state index is 0.190. The SMILES string of the molecule is Cc1c(NC(=O)[C@@H](C)Oc2ccccc2C=O)c(=O)n(-c2ccccc2)n1C. The van der Waals surface area contributed by atoms with Crippen molar-refractivity contribution in [2.75, 3.05) is 5.32 Å². The van der Waals surface area contributed by atoms with Gasteiger partial charge in [-0.25, -0.2) is 4.68 Å². The van der Waals surface area contributed by atoms with Gasteiger partial charge in [-0.2, -0.15) is 0 Å². The highest BCUT2D eigenvalue weighted by atomic mass is 16.5. The Bertz CT molecular complexity index is 1070. The fourth-order valence-corrected chi connectivity index (χ4v) is 2.87. The van der Waals surface area contributed by atoms with E-state index in [1.165, 1.54) is 4.68 Å². The molecular formula is C21H21N3O4. The highest BCUT2D eigenvalue weighted by Gasteiger charge is 2.22. The van der Waals surface area contributed by atoms with E-state index in [1.807, 2.05) is 30.3 Å². The predicted octanol–water partition coefficient (Wildman–Crippen LogP) is 2.70. The summed E-state index contributed by atoms with van der Waals surface area (Å²) in [4.78, 5) is 36.6. The zero-order valence-electron chi connectivity index (χ0n) is 15.9. The largest absolute Gasteiger partial charge is 0.480 e. The third-order valence-electron chi connectivity index (χ3n) is 4.52. The summed E-state index contributed by atoms with van der Waals surface area (Å²) in [6.07, 6.45) is -0.231. The zero-order chi connectivity index (χ0) is 20.3. The minimum atomic E-state index is -0.898. The lowest BCUT2D eigenvalue weighted by Gasteiger charge is -2.15. The van der Waals surface area contributed by atoms with Crippen LogP contribution < -0.4 is 15.6 Å². The van der Waals surface area contributed by atoms with Crippen molar-refractivity contribution in [1.29, 1.82) is 0 Å². The molecule has 7 nitrogen and oxygen atoms in total. The summed E-state index contributed by atoms with van der Waals surface area (Å²) < 4.78 is 8.78. The topological polar surface area (TPSA) is 82.3 Å². The smallest absolute Gasteiger partial charge is 0.295 e. The third kappa shape index (κ3) is 3.59. The van der Waals surface area contributed by atoms with Gasteiger partial charge in [0.25, 0.3) is 11.5 Å². The van der Waals surface area contributed by atoms with Crippen LogP contribution in [0, 0.1) is 6.92 Å². The van der Waals surface area contributed by atoms with Gasteiger partial charge >= 0.3 is 0 Å². The van der Waals surface area contributed by atoms with Crippen LogP contribution in [0.15, 0.2) is 59.4 Å². The molecule has 0 fully saturated rings. The number of carbonyl (C=O) groups is 2. The van der Waals surface area contributed by atoms with Crippen LogP contribution in [0.3, 0.4) is 0 Å². The van der Waals surface area contributed by atoms with Gasteiger partial charge in [0.15, 0.2) is 12.4 Å². The summed E-state index contributed by atoms with van der Waals surface area (Å²) in [5.74, 6) is -0.168. The summed E-state index contributed by atoms with van der Waals surface area (Å²) in [5.41, 5.74) is 1.52. The molecule has 144 valence electrons. The van der Waals surface area contributed by atoms with E-state index in [0.29, 0.717) is 29.0 Å². The normalized spacial score (nSPS) is 11.7. The van der Waals surface area contributed by atoms with Crippen LogP contribution in [0.1, 0.15) is 23.0 Å². The molecule has 0 spiro atoms. The fraction of sp³-hybridized carbons (Fsp3) is 0.190. The van der Waals surface area contributed by atoms with Crippen molar-refractivity contribution < 1.29 is 14.3 Å². The van der Waals surface area contributed by atoms with Crippen LogP contribution in [0.4, 0.5) is 5.69 Å². The van der Waals surface area contributed by atoms with Gasteiger partial charge in [0.05, 0.1) is 16.9 Å². The Balaban J connectivity index is 1.85. The van der Waals surface area contributed by atoms with Crippen LogP contribution in [-0.4, -0.2) is 27.7 Å². The molecule has 2 aromatic carbocycles. The number of hydrogen-bond acceptors (Lipinski definition) is 4. The van der Waals surface area contributed by atoms with Crippen molar-refractivity contribution >= 4 is 17.9 Å². The zero-order valence-corrected chi connectivity index (χ0v) is 15.9. The highest BCUT2D eigenvalue weighted by Crippen LogP contribution is 2.19. The van der Waals surface area contributed by atoms with E-state index in [9.17, 15) is 14.4 Å². The molecule has 1 amide bonds. The van der Waals surface area contributed by atoms with Gasteiger partial charge in [-0.1, -0.05) is 30.3 Å². The Hall–Kier alpha value is -3.61. The maximum atomic E-state index is 12.9. The van der Waals surface area contributed by atoms with Gasteiger partial charge in [0, 0.05) is 7.05 Å². The lowest BCUT2D eigenvalue weighted by atomic mass is 10.2. The molecule has 0 saturated carbocycles. The molecule has 1 aromatic heterocycles. The molecule has 3 aromatic rings. The first-order chi connectivity index (χ1) is 13.4. The van der Waals surface area contributed by atoms with Crippen molar-refractivity contribution in [1.82, 2.24) is 9.36 Å². The standard InChI is InChI=1S/C21H21N3O4/c1-14-19(21(27)24(23(14)3)17-10-5-4-6-11-17)22-20(26)15(2)28-18-12-8-7-9-16(18)13-25/h4-13,15H,1-3H3,(H,22,26)/t15-/m1/s1. The molecule has 7 heteroatoms. The number of amides is 1. The second kappa shape index (κ2) is 7.96. The predicted molar refractivity (Wildman–Crippen MR) is 106 cm³/mol. The third-order valence-corrected chi connectivity index (χ3v) is 4.52. The molecule has 1 atom stereocenters. The lowest BCUT2D eigenvalue weighted by molar-refractivity contribution is -0.122. The first kappa shape index (κ1) is 19.2. The van der Waals surface area contributed by atoms with E-state index in [4.69, 9.17) is 4.74 Å². The van der Waals surface area contributed by atoms with Crippen LogP contribution >= 0.6 is 0 Å². The maximum Gasteiger partial charge on any atom is 0.295 e. The van der Waals surface area contributed by atoms with Gasteiger partial charge in [0.2, 0.25) is 0 Å². The number of ether oxygens (including phenoxy) is 1. The van der Waals surface area contributed by atoms with E-state index in [1.54, 1.807) is 49.8 Å². The van der Waals surface area contributed by atoms with Gasteiger partial charge < -0.3 is 10.1 Å². The van der Waals surface area contributed by atoms with Crippen LogP contribution in [0.25, 0.3) is 5.69 Å². The average Bonchev–Trinajstić information content (AvgIpc) is 2.92. The van der Waals surface area contributed by atoms with Crippen molar-refractivity contribution in [3.63, 3.8) is 0 Å². The van der Waals surface area contributed by atoms with Gasteiger partial charge in [-0.3, -0.25) is 19.1 Å². The lowest BCUT2D eigenvalue weighted by Crippen LogP contribution is -2.32. The molecular weight excluding hydrogens is 358 g/mol. The van der Waals surface area contributed by atoms with E-state index in [0.717, 1.165) is 0 Å². The number of nitrogens with one attached hydrogen (secondary N) is 1. The summed E-state index contributed by atoms with van der Waals surface area (Å²) in [6.45, 7) is 3.31. The van der Waals surface area contributed by atoms with Crippen LogP contribution in [-0.2, 0) is 11.8 Å². The van der Waals surface area contributed by atoms with E-state index < -0.39 is 12.0 Å². The van der Waals surface area contributed by atoms with E-state index in [2.05, 4.69) is 5.32 Å². The first-order valence-electron chi connectivity index (χ1n) is 8.79. The number of hydrogen-bond donors (Lipinski definition) is 1. The number of anilines is 1. The van der Waals surface area contributed by atoms with Crippen molar-refractivity contribution in [2.45, 2.75) is 20.0 Å². The van der Waals surface area contributed by atoms with Crippen LogP contribution in [0.2, 0.25) is 0 Å². The Labute approximate surface area is 162 Å². The molecule has 1 heterocycles. The first-order valence-corrected chi connectivity index (χ1v) is 8.79. The summed E-state index contributed by atoms with van der Waals surface area (Å²) in [5, 5.41) is 2.66. The molecule has 0 aliphatic heterocycles. The van der Waals surface area contributed by atoms with Gasteiger partial charge in [-0.15, -0.1) is 0 Å². The minimum Gasteiger partial charge on any atom is -0.480 e. The monoisotopic (exact) mass is 379 g/mol. The van der Waals surface area contributed by atoms with Crippen molar-refractivity contribution in [3.8, 4) is 11.4 Å². The molecule has 0 saturated heterocycles. The number of benzene rings is 2. The maximum absolute atomic E-state index is 12.9. The Kier molecular flexibility index (Phi) is 5.44. The summed E-state index contributed by atoms with van der Waals surface area (Å²) >= 11 is 0. The average molecular weight is 379 g/mol. The molecule has 28 heavy (non-hydrogen) atoms. The number of rotatable bonds is 6. The molecule has 0 aliphatic rings. The number of carbonyl (C=O) groups excluding carboxylic acids is 2. The molecule has 0 bridgehead atoms. The molecule has 3 rings (SSSR count). The van der Waals surface area contributed by atoms with E-state index in [-0.39, 0.29) is 11.2 Å². The quantitative estimate of drug-likeness (QED) is 0.668.